The maximum atomic E-state index is 12.4. The zero-order valence-corrected chi connectivity index (χ0v) is 14.6. The molecule has 0 saturated heterocycles. The SMILES string of the molecule is O=C(NC1CC1)c1cccc(S(=O)(=O)NCCC2=CCCCC2)c1. The third kappa shape index (κ3) is 4.68. The van der Waals surface area contributed by atoms with Gasteiger partial charge in [-0.1, -0.05) is 17.7 Å². The molecule has 1 amide bonds. The summed E-state index contributed by atoms with van der Waals surface area (Å²) >= 11 is 0. The van der Waals surface area contributed by atoms with Gasteiger partial charge in [-0.2, -0.15) is 0 Å². The van der Waals surface area contributed by atoms with Crippen LogP contribution in [0.5, 0.6) is 0 Å². The van der Waals surface area contributed by atoms with Gasteiger partial charge in [0, 0.05) is 18.2 Å². The number of hydrogen-bond donors (Lipinski definition) is 2. The van der Waals surface area contributed by atoms with Crippen molar-refractivity contribution in [3.8, 4) is 0 Å². The molecule has 2 aliphatic rings. The van der Waals surface area contributed by atoms with Crippen molar-refractivity contribution in [1.29, 1.82) is 0 Å². The fraction of sp³-hybridized carbons (Fsp3) is 0.500. The van der Waals surface area contributed by atoms with E-state index < -0.39 is 10.0 Å². The van der Waals surface area contributed by atoms with Crippen LogP contribution >= 0.6 is 0 Å². The lowest BCUT2D eigenvalue weighted by atomic mass is 9.97. The molecular weight excluding hydrogens is 324 g/mol. The largest absolute Gasteiger partial charge is 0.349 e. The van der Waals surface area contributed by atoms with E-state index in [1.54, 1.807) is 12.1 Å². The minimum absolute atomic E-state index is 0.142. The van der Waals surface area contributed by atoms with Crippen molar-refractivity contribution >= 4 is 15.9 Å². The number of sulfonamides is 1. The molecule has 0 radical (unpaired) electrons. The molecule has 0 aromatic heterocycles. The fourth-order valence-corrected chi connectivity index (χ4v) is 3.94. The first-order valence-corrected chi connectivity index (χ1v) is 10.1. The molecule has 2 N–H and O–H groups in total. The summed E-state index contributed by atoms with van der Waals surface area (Å²) in [6.45, 7) is 0.396. The quantitative estimate of drug-likeness (QED) is 0.744. The van der Waals surface area contributed by atoms with E-state index in [0.29, 0.717) is 12.1 Å². The van der Waals surface area contributed by atoms with Gasteiger partial charge in [0.05, 0.1) is 4.90 Å². The maximum absolute atomic E-state index is 12.4. The Morgan fingerprint density at radius 1 is 1.21 bits per heavy atom. The summed E-state index contributed by atoms with van der Waals surface area (Å²) in [4.78, 5) is 12.2. The lowest BCUT2D eigenvalue weighted by Crippen LogP contribution is -2.27. The van der Waals surface area contributed by atoms with Crippen molar-refractivity contribution in [3.05, 3.63) is 41.5 Å². The Bertz CT molecular complexity index is 736. The molecule has 2 aliphatic carbocycles. The van der Waals surface area contributed by atoms with Gasteiger partial charge in [0.15, 0.2) is 0 Å². The van der Waals surface area contributed by atoms with E-state index >= 15 is 0 Å². The van der Waals surface area contributed by atoms with Crippen LogP contribution in [-0.2, 0) is 10.0 Å². The summed E-state index contributed by atoms with van der Waals surface area (Å²) in [5.41, 5.74) is 1.72. The number of allylic oxidation sites excluding steroid dienone is 1. The maximum Gasteiger partial charge on any atom is 0.251 e. The Morgan fingerprint density at radius 3 is 2.75 bits per heavy atom. The van der Waals surface area contributed by atoms with Gasteiger partial charge in [0.2, 0.25) is 10.0 Å². The summed E-state index contributed by atoms with van der Waals surface area (Å²) in [6, 6.07) is 6.47. The number of benzene rings is 1. The molecule has 130 valence electrons. The average Bonchev–Trinajstić information content (AvgIpc) is 3.40. The zero-order chi connectivity index (χ0) is 17.0. The molecule has 0 heterocycles. The lowest BCUT2D eigenvalue weighted by Gasteiger charge is -2.13. The predicted molar refractivity (Wildman–Crippen MR) is 93.3 cm³/mol. The third-order valence-electron chi connectivity index (χ3n) is 4.44. The van der Waals surface area contributed by atoms with Crippen LogP contribution in [0.2, 0.25) is 0 Å². The lowest BCUT2D eigenvalue weighted by molar-refractivity contribution is 0.0951. The summed E-state index contributed by atoms with van der Waals surface area (Å²) in [7, 11) is -3.59. The number of nitrogens with one attached hydrogen (secondary N) is 2. The third-order valence-corrected chi connectivity index (χ3v) is 5.90. The number of amides is 1. The molecule has 0 aliphatic heterocycles. The van der Waals surface area contributed by atoms with Crippen LogP contribution in [0.3, 0.4) is 0 Å². The van der Waals surface area contributed by atoms with Gasteiger partial charge in [-0.3, -0.25) is 4.79 Å². The summed E-state index contributed by atoms with van der Waals surface area (Å²) in [6.07, 6.45) is 9.56. The van der Waals surface area contributed by atoms with Crippen LogP contribution in [-0.4, -0.2) is 26.9 Å². The molecule has 3 rings (SSSR count). The Hall–Kier alpha value is -1.66. The molecule has 24 heavy (non-hydrogen) atoms. The van der Waals surface area contributed by atoms with E-state index in [1.165, 1.54) is 30.5 Å². The second-order valence-corrected chi connectivity index (χ2v) is 8.30. The van der Waals surface area contributed by atoms with Crippen molar-refractivity contribution in [3.63, 3.8) is 0 Å². The minimum atomic E-state index is -3.59. The zero-order valence-electron chi connectivity index (χ0n) is 13.8. The molecule has 0 atom stereocenters. The molecule has 0 bridgehead atoms. The number of hydrogen-bond acceptors (Lipinski definition) is 3. The number of carbonyl (C=O) groups excluding carboxylic acids is 1. The predicted octanol–water partition coefficient (Wildman–Crippen LogP) is 2.75. The Morgan fingerprint density at radius 2 is 2.04 bits per heavy atom. The van der Waals surface area contributed by atoms with E-state index in [0.717, 1.165) is 32.1 Å². The Kier molecular flexibility index (Phi) is 5.36. The normalized spacial score (nSPS) is 18.1. The first-order valence-electron chi connectivity index (χ1n) is 8.63. The Labute approximate surface area is 143 Å². The second kappa shape index (κ2) is 7.49. The van der Waals surface area contributed by atoms with Gasteiger partial charge < -0.3 is 5.32 Å². The second-order valence-electron chi connectivity index (χ2n) is 6.53. The molecule has 5 nitrogen and oxygen atoms in total. The standard InChI is InChI=1S/C18H24N2O3S/c21-18(20-16-9-10-16)15-7-4-8-17(13-15)24(22,23)19-12-11-14-5-2-1-3-6-14/h4-5,7-8,13,16,19H,1-3,6,9-12H2,(H,20,21). The molecular formula is C18H24N2O3S. The van der Waals surface area contributed by atoms with Gasteiger partial charge >= 0.3 is 0 Å². The summed E-state index contributed by atoms with van der Waals surface area (Å²) in [5, 5.41) is 2.87. The monoisotopic (exact) mass is 348 g/mol. The molecule has 1 aromatic rings. The van der Waals surface area contributed by atoms with Gasteiger partial charge in [0.25, 0.3) is 5.91 Å². The van der Waals surface area contributed by atoms with E-state index in [1.807, 2.05) is 0 Å². The average molecular weight is 348 g/mol. The van der Waals surface area contributed by atoms with Crippen LogP contribution in [0.15, 0.2) is 40.8 Å². The molecule has 6 heteroatoms. The molecule has 1 saturated carbocycles. The van der Waals surface area contributed by atoms with Gasteiger partial charge in [-0.05, 0) is 63.1 Å². The summed E-state index contributed by atoms with van der Waals surface area (Å²) in [5.74, 6) is -0.207. The highest BCUT2D eigenvalue weighted by Gasteiger charge is 2.24. The van der Waals surface area contributed by atoms with Crippen molar-refractivity contribution < 1.29 is 13.2 Å². The van der Waals surface area contributed by atoms with E-state index in [9.17, 15) is 13.2 Å². The van der Waals surface area contributed by atoms with Crippen LogP contribution in [0.1, 0.15) is 55.3 Å². The highest BCUT2D eigenvalue weighted by molar-refractivity contribution is 7.89. The highest BCUT2D eigenvalue weighted by atomic mass is 32.2. The van der Waals surface area contributed by atoms with Gasteiger partial charge in [-0.15, -0.1) is 0 Å². The van der Waals surface area contributed by atoms with E-state index in [-0.39, 0.29) is 16.8 Å². The molecule has 1 fully saturated rings. The molecule has 0 unspecified atom stereocenters. The van der Waals surface area contributed by atoms with Crippen LogP contribution in [0.25, 0.3) is 0 Å². The van der Waals surface area contributed by atoms with E-state index in [2.05, 4.69) is 16.1 Å². The fourth-order valence-electron chi connectivity index (χ4n) is 2.86. The first-order chi connectivity index (χ1) is 11.5. The number of rotatable bonds is 7. The van der Waals surface area contributed by atoms with Gasteiger partial charge in [0.1, 0.15) is 0 Å². The van der Waals surface area contributed by atoms with Crippen molar-refractivity contribution in [1.82, 2.24) is 10.0 Å². The highest BCUT2D eigenvalue weighted by Crippen LogP contribution is 2.21. The Balaban J connectivity index is 1.60. The van der Waals surface area contributed by atoms with Crippen molar-refractivity contribution in [2.45, 2.75) is 55.9 Å². The van der Waals surface area contributed by atoms with E-state index in [4.69, 9.17) is 0 Å². The van der Waals surface area contributed by atoms with Crippen LogP contribution in [0, 0.1) is 0 Å². The summed E-state index contributed by atoms with van der Waals surface area (Å²) < 4.78 is 27.5. The van der Waals surface area contributed by atoms with Crippen LogP contribution < -0.4 is 10.0 Å². The smallest absolute Gasteiger partial charge is 0.251 e. The minimum Gasteiger partial charge on any atom is -0.349 e. The number of carbonyl (C=O) groups is 1. The first kappa shape index (κ1) is 17.2. The molecule has 0 spiro atoms. The van der Waals surface area contributed by atoms with Crippen LogP contribution in [0.4, 0.5) is 0 Å². The van der Waals surface area contributed by atoms with Gasteiger partial charge in [-0.25, -0.2) is 13.1 Å². The van der Waals surface area contributed by atoms with Crippen molar-refractivity contribution in [2.24, 2.45) is 0 Å². The topological polar surface area (TPSA) is 75.3 Å². The molecule has 1 aromatic carbocycles. The van der Waals surface area contributed by atoms with Crippen molar-refractivity contribution in [2.75, 3.05) is 6.54 Å².